The highest BCUT2D eigenvalue weighted by molar-refractivity contribution is 9.10. The van der Waals surface area contributed by atoms with Crippen molar-refractivity contribution < 1.29 is 0 Å². The number of halogens is 1. The van der Waals surface area contributed by atoms with Crippen LogP contribution in [-0.2, 0) is 0 Å². The molecule has 34 heavy (non-hydrogen) atoms. The Morgan fingerprint density at radius 2 is 1.18 bits per heavy atom. The number of allylic oxidation sites excluding steroid dienone is 2. The Morgan fingerprint density at radius 1 is 0.618 bits per heavy atom. The lowest BCUT2D eigenvalue weighted by Gasteiger charge is -2.39. The zero-order chi connectivity index (χ0) is 23.6. The first-order chi connectivity index (χ1) is 16.4. The largest absolute Gasteiger partial charge is 0.0722 e. The molecule has 4 aromatic rings. The zero-order valence-electron chi connectivity index (χ0n) is 20.2. The molecule has 4 aromatic carbocycles. The van der Waals surface area contributed by atoms with Crippen LogP contribution in [0.15, 0.2) is 94.5 Å². The zero-order valence-corrected chi connectivity index (χ0v) is 22.8. The van der Waals surface area contributed by atoms with Gasteiger partial charge in [0.25, 0.3) is 0 Å². The topological polar surface area (TPSA) is 0 Å². The molecule has 0 spiro atoms. The van der Waals surface area contributed by atoms with Crippen molar-refractivity contribution in [1.82, 2.24) is 0 Å². The summed E-state index contributed by atoms with van der Waals surface area (Å²) in [4.78, 5) is 0. The Bertz CT molecular complexity index is 1520. The quantitative estimate of drug-likeness (QED) is 0.235. The number of rotatable bonds is 3. The third-order valence-corrected chi connectivity index (χ3v) is 13.3. The third kappa shape index (κ3) is 3.16. The number of fused-ring (bicyclic) bond motifs is 3. The summed E-state index contributed by atoms with van der Waals surface area (Å²) in [6, 6.07) is 29.2. The van der Waals surface area contributed by atoms with E-state index in [1.807, 2.05) is 0 Å². The Morgan fingerprint density at radius 3 is 1.94 bits per heavy atom. The first-order valence-electron chi connectivity index (χ1n) is 12.1. The van der Waals surface area contributed by atoms with Gasteiger partial charge in [-0.15, -0.1) is 0 Å². The lowest BCUT2D eigenvalue weighted by molar-refractivity contribution is 0.968. The molecule has 0 aliphatic heterocycles. The average molecular weight is 522 g/mol. The molecule has 0 bridgehead atoms. The minimum Gasteiger partial charge on any atom is -0.0679 e. The molecular formula is C32H29BrSi. The Balaban J connectivity index is 1.50. The summed E-state index contributed by atoms with van der Waals surface area (Å²) < 4.78 is 1.22. The van der Waals surface area contributed by atoms with Crippen molar-refractivity contribution >= 4 is 46.9 Å². The van der Waals surface area contributed by atoms with Gasteiger partial charge in [-0.3, -0.25) is 0 Å². The molecule has 0 nitrogen and oxygen atoms in total. The van der Waals surface area contributed by atoms with Crippen LogP contribution < -0.4 is 0 Å². The lowest BCUT2D eigenvalue weighted by Crippen LogP contribution is -2.42. The highest BCUT2D eigenvalue weighted by Gasteiger charge is 2.47. The predicted molar refractivity (Wildman–Crippen MR) is 154 cm³/mol. The van der Waals surface area contributed by atoms with E-state index in [-0.39, 0.29) is 0 Å². The lowest BCUT2D eigenvalue weighted by atomic mass is 9.93. The molecule has 6 rings (SSSR count). The summed E-state index contributed by atoms with van der Waals surface area (Å²) in [5.41, 5.74) is 12.6. The maximum absolute atomic E-state index is 3.80. The maximum atomic E-state index is 3.80. The Kier molecular flexibility index (Phi) is 5.09. The summed E-state index contributed by atoms with van der Waals surface area (Å²) >= 11 is 3.80. The smallest absolute Gasteiger partial charge is 0.0679 e. The molecule has 0 heterocycles. The monoisotopic (exact) mass is 520 g/mol. The van der Waals surface area contributed by atoms with Crippen molar-refractivity contribution in [2.75, 3.05) is 0 Å². The molecule has 0 N–H and O–H groups in total. The minimum atomic E-state index is -1.82. The molecule has 2 heteroatoms. The van der Waals surface area contributed by atoms with E-state index < -0.39 is 8.07 Å². The Labute approximate surface area is 212 Å². The predicted octanol–water partition coefficient (Wildman–Crippen LogP) is 9.76. The number of benzene rings is 4. The van der Waals surface area contributed by atoms with Gasteiger partial charge in [0, 0.05) is 15.6 Å². The van der Waals surface area contributed by atoms with Crippen LogP contribution in [0, 0.1) is 0 Å². The molecule has 0 saturated heterocycles. The summed E-state index contributed by atoms with van der Waals surface area (Å²) in [6.45, 7) is 9.91. The highest BCUT2D eigenvalue weighted by Crippen LogP contribution is 2.54. The van der Waals surface area contributed by atoms with Gasteiger partial charge < -0.3 is 0 Å². The van der Waals surface area contributed by atoms with E-state index in [0.29, 0.717) is 11.1 Å². The van der Waals surface area contributed by atoms with Crippen LogP contribution in [-0.4, -0.2) is 8.07 Å². The van der Waals surface area contributed by atoms with Crippen LogP contribution in [0.4, 0.5) is 0 Å². The van der Waals surface area contributed by atoms with E-state index in [2.05, 4.69) is 134 Å². The van der Waals surface area contributed by atoms with Crippen LogP contribution in [0.5, 0.6) is 0 Å². The minimum absolute atomic E-state index is 0.510. The second kappa shape index (κ2) is 7.93. The van der Waals surface area contributed by atoms with Gasteiger partial charge in [0.05, 0.1) is 8.07 Å². The van der Waals surface area contributed by atoms with E-state index in [4.69, 9.17) is 0 Å². The van der Waals surface area contributed by atoms with E-state index in [9.17, 15) is 0 Å². The van der Waals surface area contributed by atoms with E-state index >= 15 is 0 Å². The van der Waals surface area contributed by atoms with Gasteiger partial charge in [0.15, 0.2) is 0 Å². The third-order valence-electron chi connectivity index (χ3n) is 8.07. The average Bonchev–Trinajstić information content (AvgIpc) is 3.36. The number of hydrogen-bond acceptors (Lipinski definition) is 0. The first kappa shape index (κ1) is 21.8. The van der Waals surface area contributed by atoms with E-state index in [0.717, 1.165) is 0 Å². The van der Waals surface area contributed by atoms with Crippen molar-refractivity contribution in [2.45, 2.75) is 38.0 Å². The molecule has 0 radical (unpaired) electrons. The van der Waals surface area contributed by atoms with Crippen molar-refractivity contribution in [3.63, 3.8) is 0 Å². The highest BCUT2D eigenvalue weighted by atomic mass is 79.9. The summed E-state index contributed by atoms with van der Waals surface area (Å²) in [5.74, 6) is 0. The van der Waals surface area contributed by atoms with Gasteiger partial charge in [0.1, 0.15) is 0 Å². The molecule has 168 valence electrons. The maximum Gasteiger partial charge on any atom is 0.0722 e. The fraction of sp³-hybridized carbons (Fsp3) is 0.188. The molecule has 0 amide bonds. The molecule has 2 unspecified atom stereocenters. The van der Waals surface area contributed by atoms with Crippen LogP contribution in [0.3, 0.4) is 0 Å². The summed E-state index contributed by atoms with van der Waals surface area (Å²) in [5, 5.41) is 2.63. The normalized spacial score (nSPS) is 19.1. The molecule has 0 fully saturated rings. The molecule has 2 aliphatic rings. The van der Waals surface area contributed by atoms with Gasteiger partial charge in [-0.1, -0.05) is 125 Å². The van der Waals surface area contributed by atoms with Crippen LogP contribution >= 0.6 is 15.9 Å². The second-order valence-electron chi connectivity index (χ2n) is 10.5. The van der Waals surface area contributed by atoms with Gasteiger partial charge in [-0.05, 0) is 64.1 Å². The van der Waals surface area contributed by atoms with Crippen molar-refractivity contribution in [2.24, 2.45) is 0 Å². The second-order valence-corrected chi connectivity index (χ2v) is 16.2. The fourth-order valence-electron chi connectivity index (χ4n) is 6.90. The van der Waals surface area contributed by atoms with Crippen molar-refractivity contribution in [3.05, 3.63) is 117 Å². The van der Waals surface area contributed by atoms with Gasteiger partial charge in [-0.2, -0.15) is 0 Å². The van der Waals surface area contributed by atoms with Crippen LogP contribution in [0.25, 0.3) is 34.1 Å². The molecular weight excluding hydrogens is 492 g/mol. The first-order valence-corrected chi connectivity index (χ1v) is 16.1. The summed E-state index contributed by atoms with van der Waals surface area (Å²) in [7, 11) is -1.82. The standard InChI is InChI=1S/C32H29BrSi/c1-20-18-28-25(24-13-7-11-22-10-5-6-12-23(22)24)14-8-15-26(28)31(20)34(3,4)32-21(2)19-29-27(32)16-9-17-30(29)33/h5-19,31-32H,1-4H3. The van der Waals surface area contributed by atoms with Crippen LogP contribution in [0.1, 0.15) is 47.2 Å². The van der Waals surface area contributed by atoms with Crippen molar-refractivity contribution in [1.29, 1.82) is 0 Å². The fourth-order valence-corrected chi connectivity index (χ4v) is 12.4. The van der Waals surface area contributed by atoms with E-state index in [1.54, 1.807) is 0 Å². The molecule has 2 aliphatic carbocycles. The van der Waals surface area contributed by atoms with Crippen LogP contribution in [0.2, 0.25) is 13.1 Å². The Hall–Kier alpha value is -2.68. The SMILES string of the molecule is CC1=Cc2c(Br)cccc2C1[Si](C)(C)C1C(C)=Cc2c(-c3cccc4ccccc34)cccc21. The van der Waals surface area contributed by atoms with Crippen molar-refractivity contribution in [3.8, 4) is 11.1 Å². The summed E-state index contributed by atoms with van der Waals surface area (Å²) in [6.07, 6.45) is 4.90. The molecule has 2 atom stereocenters. The van der Waals surface area contributed by atoms with Gasteiger partial charge >= 0.3 is 0 Å². The molecule has 0 aromatic heterocycles. The van der Waals surface area contributed by atoms with Gasteiger partial charge in [-0.25, -0.2) is 0 Å². The van der Waals surface area contributed by atoms with Gasteiger partial charge in [0.2, 0.25) is 0 Å². The molecule has 0 saturated carbocycles. The van der Waals surface area contributed by atoms with E-state index in [1.165, 1.54) is 59.8 Å². The number of hydrogen-bond donors (Lipinski definition) is 0.